The van der Waals surface area contributed by atoms with Crippen molar-refractivity contribution in [3.63, 3.8) is 0 Å². The number of carbonyl (C=O) groups excluding carboxylic acids is 2. The molecule has 1 rings (SSSR count). The van der Waals surface area contributed by atoms with Gasteiger partial charge in [0.05, 0.1) is 7.11 Å². The first-order chi connectivity index (χ1) is 11.5. The number of hydrogen-bond donors (Lipinski definition) is 1. The van der Waals surface area contributed by atoms with E-state index >= 15 is 0 Å². The highest BCUT2D eigenvalue weighted by molar-refractivity contribution is 5.82. The fourth-order valence-corrected chi connectivity index (χ4v) is 1.95. The third-order valence-electron chi connectivity index (χ3n) is 3.08. The molecule has 1 amide bonds. The van der Waals surface area contributed by atoms with Crippen LogP contribution in [0, 0.1) is 0 Å². The Morgan fingerprint density at radius 2 is 1.80 bits per heavy atom. The number of methoxy groups -OCH3 is 1. The number of carbonyl (C=O) groups is 2. The molecule has 5 nitrogen and oxygen atoms in total. The highest BCUT2D eigenvalue weighted by Crippen LogP contribution is 2.24. The average Bonchev–Trinajstić information content (AvgIpc) is 2.51. The summed E-state index contributed by atoms with van der Waals surface area (Å²) < 4.78 is 38.4. The Bertz CT molecular complexity index is 609. The number of amides is 1. The van der Waals surface area contributed by atoms with Crippen LogP contribution in [0.5, 0.6) is 0 Å². The van der Waals surface area contributed by atoms with E-state index in [1.165, 1.54) is 0 Å². The molecule has 1 atom stereocenters. The summed E-state index contributed by atoms with van der Waals surface area (Å²) in [6.07, 6.45) is -0.0449. The lowest BCUT2D eigenvalue weighted by molar-refractivity contribution is -0.135. The molecule has 138 valence electrons. The van der Waals surface area contributed by atoms with Crippen LogP contribution >= 0.6 is 0 Å². The minimum atomic E-state index is -3.49. The Hall–Kier alpha value is -2.44. The van der Waals surface area contributed by atoms with Crippen molar-refractivity contribution in [3.05, 3.63) is 48.0 Å². The lowest BCUT2D eigenvalue weighted by atomic mass is 10.00. The van der Waals surface area contributed by atoms with Gasteiger partial charge in [-0.05, 0) is 38.8 Å². The van der Waals surface area contributed by atoms with Crippen molar-refractivity contribution in [2.45, 2.75) is 44.8 Å². The van der Waals surface area contributed by atoms with Crippen LogP contribution in [0.1, 0.15) is 26.3 Å². The second kappa shape index (κ2) is 8.60. The first-order valence-electron chi connectivity index (χ1n) is 7.72. The van der Waals surface area contributed by atoms with Crippen LogP contribution in [0.25, 0.3) is 0 Å². The maximum absolute atomic E-state index is 14.5. The number of benzene rings is 1. The number of alkyl carbamates (subject to hydrolysis) is 1. The van der Waals surface area contributed by atoms with Crippen LogP contribution < -0.4 is 5.32 Å². The largest absolute Gasteiger partial charge is 0.466 e. The fraction of sp³-hybridized carbons (Fsp3) is 0.444. The number of hydrogen-bond acceptors (Lipinski definition) is 4. The van der Waals surface area contributed by atoms with E-state index in [1.54, 1.807) is 51.1 Å². The minimum absolute atomic E-state index is 0.140. The van der Waals surface area contributed by atoms with E-state index in [9.17, 15) is 18.4 Å². The molecule has 0 radical (unpaired) electrons. The Balaban J connectivity index is 2.99. The molecular formula is C18H23F2NO4. The lowest BCUT2D eigenvalue weighted by Gasteiger charge is -2.27. The van der Waals surface area contributed by atoms with Gasteiger partial charge in [-0.3, -0.25) is 0 Å². The van der Waals surface area contributed by atoms with Crippen molar-refractivity contribution >= 4 is 12.1 Å². The molecule has 0 aliphatic rings. The van der Waals surface area contributed by atoms with Crippen molar-refractivity contribution in [1.82, 2.24) is 5.32 Å². The van der Waals surface area contributed by atoms with Crippen LogP contribution in [-0.4, -0.2) is 36.7 Å². The topological polar surface area (TPSA) is 64.6 Å². The van der Waals surface area contributed by atoms with Gasteiger partial charge in [-0.1, -0.05) is 30.3 Å². The average molecular weight is 355 g/mol. The Kier molecular flexibility index (Phi) is 7.09. The molecule has 7 heteroatoms. The van der Waals surface area contributed by atoms with Gasteiger partial charge in [0.2, 0.25) is 0 Å². The quantitative estimate of drug-likeness (QED) is 0.627. The molecule has 1 N–H and O–H groups in total. The predicted octanol–water partition coefficient (Wildman–Crippen LogP) is 3.49. The summed E-state index contributed by atoms with van der Waals surface area (Å²) in [7, 11) is 1.09. The van der Waals surface area contributed by atoms with Crippen molar-refractivity contribution in [2.24, 2.45) is 0 Å². The minimum Gasteiger partial charge on any atom is -0.466 e. The Labute approximate surface area is 146 Å². The van der Waals surface area contributed by atoms with E-state index in [-0.39, 0.29) is 6.42 Å². The standard InChI is InChI=1S/C18H23F2NO4/c1-17(2,3)25-16(23)21-14(12-13-8-6-5-7-9-13)18(19,20)11-10-15(22)24-4/h5-11,14H,12H2,1-4H3,(H,21,23)/b11-10+. The summed E-state index contributed by atoms with van der Waals surface area (Å²) in [5.41, 5.74) is -0.215. The number of alkyl halides is 2. The van der Waals surface area contributed by atoms with E-state index in [0.29, 0.717) is 17.7 Å². The summed E-state index contributed by atoms with van der Waals surface area (Å²) in [6.45, 7) is 4.90. The monoisotopic (exact) mass is 355 g/mol. The zero-order valence-corrected chi connectivity index (χ0v) is 14.7. The van der Waals surface area contributed by atoms with Crippen molar-refractivity contribution in [2.75, 3.05) is 7.11 Å². The van der Waals surface area contributed by atoms with Gasteiger partial charge in [-0.25, -0.2) is 9.59 Å². The second-order valence-electron chi connectivity index (χ2n) is 6.42. The number of ether oxygens (including phenoxy) is 2. The predicted molar refractivity (Wildman–Crippen MR) is 89.4 cm³/mol. The third kappa shape index (κ3) is 7.78. The van der Waals surface area contributed by atoms with Crippen molar-refractivity contribution in [1.29, 1.82) is 0 Å². The molecule has 0 aromatic heterocycles. The zero-order valence-electron chi connectivity index (χ0n) is 14.7. The van der Waals surface area contributed by atoms with E-state index in [4.69, 9.17) is 4.74 Å². The highest BCUT2D eigenvalue weighted by Gasteiger charge is 2.39. The van der Waals surface area contributed by atoms with Gasteiger partial charge in [-0.15, -0.1) is 0 Å². The first-order valence-corrected chi connectivity index (χ1v) is 7.72. The number of halogens is 2. The molecule has 0 saturated carbocycles. The molecular weight excluding hydrogens is 332 g/mol. The van der Waals surface area contributed by atoms with Crippen LogP contribution in [-0.2, 0) is 20.7 Å². The van der Waals surface area contributed by atoms with Gasteiger partial charge in [0, 0.05) is 6.08 Å². The number of nitrogens with one attached hydrogen (secondary N) is 1. The van der Waals surface area contributed by atoms with Crippen LogP contribution in [0.15, 0.2) is 42.5 Å². The molecule has 0 spiro atoms. The summed E-state index contributed by atoms with van der Waals surface area (Å²) in [5.74, 6) is -4.39. The van der Waals surface area contributed by atoms with E-state index in [0.717, 1.165) is 7.11 Å². The molecule has 0 aliphatic carbocycles. The van der Waals surface area contributed by atoms with Gasteiger partial charge in [0.15, 0.2) is 0 Å². The van der Waals surface area contributed by atoms with E-state index in [1.807, 2.05) is 0 Å². The van der Waals surface area contributed by atoms with Crippen molar-refractivity contribution < 1.29 is 27.8 Å². The van der Waals surface area contributed by atoms with Gasteiger partial charge < -0.3 is 14.8 Å². The molecule has 0 heterocycles. The number of rotatable bonds is 6. The zero-order chi connectivity index (χ0) is 19.1. The Morgan fingerprint density at radius 1 is 1.20 bits per heavy atom. The van der Waals surface area contributed by atoms with Gasteiger partial charge in [0.25, 0.3) is 5.92 Å². The number of esters is 1. The molecule has 1 unspecified atom stereocenters. The SMILES string of the molecule is COC(=O)/C=C/C(F)(F)C(Cc1ccccc1)NC(=O)OC(C)(C)C. The highest BCUT2D eigenvalue weighted by atomic mass is 19.3. The lowest BCUT2D eigenvalue weighted by Crippen LogP contribution is -2.49. The summed E-state index contributed by atoms with van der Waals surface area (Å²) in [4.78, 5) is 23.0. The molecule has 0 aliphatic heterocycles. The van der Waals surface area contributed by atoms with E-state index in [2.05, 4.69) is 10.1 Å². The summed E-state index contributed by atoms with van der Waals surface area (Å²) in [5, 5.41) is 2.19. The van der Waals surface area contributed by atoms with Gasteiger partial charge in [-0.2, -0.15) is 8.78 Å². The van der Waals surface area contributed by atoms with E-state index < -0.39 is 29.6 Å². The summed E-state index contributed by atoms with van der Waals surface area (Å²) >= 11 is 0. The maximum atomic E-state index is 14.5. The summed E-state index contributed by atoms with van der Waals surface area (Å²) in [6, 6.07) is 6.93. The first kappa shape index (κ1) is 20.6. The smallest absolute Gasteiger partial charge is 0.408 e. The Morgan fingerprint density at radius 3 is 2.32 bits per heavy atom. The van der Waals surface area contributed by atoms with Crippen molar-refractivity contribution in [3.8, 4) is 0 Å². The molecule has 0 fully saturated rings. The molecule has 0 saturated heterocycles. The van der Waals surface area contributed by atoms with Crippen LogP contribution in [0.3, 0.4) is 0 Å². The third-order valence-corrected chi connectivity index (χ3v) is 3.08. The fourth-order valence-electron chi connectivity index (χ4n) is 1.95. The van der Waals surface area contributed by atoms with Crippen LogP contribution in [0.4, 0.5) is 13.6 Å². The maximum Gasteiger partial charge on any atom is 0.408 e. The molecule has 25 heavy (non-hydrogen) atoms. The van der Waals surface area contributed by atoms with Gasteiger partial charge >= 0.3 is 12.1 Å². The second-order valence-corrected chi connectivity index (χ2v) is 6.42. The van der Waals surface area contributed by atoms with Crippen LogP contribution in [0.2, 0.25) is 0 Å². The molecule has 0 bridgehead atoms. The molecule has 1 aromatic rings. The molecule has 1 aromatic carbocycles. The normalized spacial score (nSPS) is 13.4. The van der Waals surface area contributed by atoms with Gasteiger partial charge in [0.1, 0.15) is 11.6 Å².